The van der Waals surface area contributed by atoms with Gasteiger partial charge in [-0.2, -0.15) is 0 Å². The van der Waals surface area contributed by atoms with Crippen LogP contribution in [0.1, 0.15) is 19.4 Å². The molecule has 1 atom stereocenters. The van der Waals surface area contributed by atoms with Crippen LogP contribution in [0.5, 0.6) is 0 Å². The van der Waals surface area contributed by atoms with Crippen molar-refractivity contribution < 1.29 is 18.0 Å². The van der Waals surface area contributed by atoms with E-state index < -0.39 is 28.5 Å². The number of halogens is 1. The molecule has 1 N–H and O–H groups in total. The fraction of sp³-hybridized carbons (Fsp3) is 0.231. The zero-order valence-corrected chi connectivity index (χ0v) is 22.0. The molecule has 35 heavy (non-hydrogen) atoms. The van der Waals surface area contributed by atoms with Crippen molar-refractivity contribution in [1.29, 1.82) is 0 Å². The first-order valence-corrected chi connectivity index (χ1v) is 13.4. The molecule has 0 aliphatic heterocycles. The van der Waals surface area contributed by atoms with Crippen LogP contribution < -0.4 is 9.62 Å². The molecule has 0 saturated heterocycles. The molecule has 9 heteroatoms. The molecular weight excluding hydrogens is 530 g/mol. The Balaban J connectivity index is 1.98. The van der Waals surface area contributed by atoms with Gasteiger partial charge >= 0.3 is 0 Å². The number of likely N-dealkylation sites (N-methyl/N-ethyl adjacent to an activating group) is 1. The highest BCUT2D eigenvalue weighted by molar-refractivity contribution is 9.10. The van der Waals surface area contributed by atoms with Crippen LogP contribution in [0.3, 0.4) is 0 Å². The van der Waals surface area contributed by atoms with Crippen molar-refractivity contribution in [3.8, 4) is 0 Å². The summed E-state index contributed by atoms with van der Waals surface area (Å²) in [6.07, 6.45) is 0. The number of benzene rings is 3. The first-order chi connectivity index (χ1) is 16.7. The number of carbonyl (C=O) groups is 2. The van der Waals surface area contributed by atoms with E-state index in [-0.39, 0.29) is 17.3 Å². The summed E-state index contributed by atoms with van der Waals surface area (Å²) in [6, 6.07) is 23.1. The molecule has 0 radical (unpaired) electrons. The number of nitrogens with zero attached hydrogens (tertiary/aromatic N) is 2. The van der Waals surface area contributed by atoms with Crippen molar-refractivity contribution in [2.75, 3.05) is 17.4 Å². The van der Waals surface area contributed by atoms with Crippen molar-refractivity contribution in [1.82, 2.24) is 10.2 Å². The topological polar surface area (TPSA) is 86.8 Å². The first kappa shape index (κ1) is 26.4. The Morgan fingerprint density at radius 1 is 0.914 bits per heavy atom. The van der Waals surface area contributed by atoms with E-state index in [0.717, 1.165) is 14.3 Å². The van der Waals surface area contributed by atoms with E-state index in [4.69, 9.17) is 0 Å². The molecule has 3 aromatic rings. The van der Waals surface area contributed by atoms with Gasteiger partial charge in [0.15, 0.2) is 0 Å². The lowest BCUT2D eigenvalue weighted by Crippen LogP contribution is -2.51. The third kappa shape index (κ3) is 6.70. The maximum atomic E-state index is 13.7. The SMILES string of the molecule is CCNC(=O)[C@H](C)N(Cc1ccc(Br)cc1)C(=O)CN(c1ccccc1)S(=O)(=O)c1ccccc1. The number of rotatable bonds is 10. The smallest absolute Gasteiger partial charge is 0.264 e. The Hall–Kier alpha value is -3.17. The van der Waals surface area contributed by atoms with Gasteiger partial charge in [-0.05, 0) is 55.8 Å². The molecule has 0 bridgehead atoms. The Labute approximate surface area is 214 Å². The van der Waals surface area contributed by atoms with E-state index in [9.17, 15) is 18.0 Å². The van der Waals surface area contributed by atoms with Gasteiger partial charge in [-0.15, -0.1) is 0 Å². The van der Waals surface area contributed by atoms with E-state index in [1.807, 2.05) is 24.3 Å². The van der Waals surface area contributed by atoms with Gasteiger partial charge in [0.05, 0.1) is 10.6 Å². The lowest BCUT2D eigenvalue weighted by atomic mass is 10.1. The van der Waals surface area contributed by atoms with Gasteiger partial charge in [0.25, 0.3) is 10.0 Å². The second kappa shape index (κ2) is 12.0. The van der Waals surface area contributed by atoms with Crippen LogP contribution in [0.4, 0.5) is 5.69 Å². The number of carbonyl (C=O) groups excluding carboxylic acids is 2. The number of hydrogen-bond acceptors (Lipinski definition) is 4. The quantitative estimate of drug-likeness (QED) is 0.404. The second-order valence-electron chi connectivity index (χ2n) is 7.88. The maximum absolute atomic E-state index is 13.7. The fourth-order valence-electron chi connectivity index (χ4n) is 3.53. The zero-order valence-electron chi connectivity index (χ0n) is 19.6. The molecule has 184 valence electrons. The highest BCUT2D eigenvalue weighted by atomic mass is 79.9. The van der Waals surface area contributed by atoms with Gasteiger partial charge < -0.3 is 10.2 Å². The van der Waals surface area contributed by atoms with Crippen LogP contribution in [-0.4, -0.2) is 44.3 Å². The number of para-hydroxylation sites is 1. The molecule has 3 rings (SSSR count). The largest absolute Gasteiger partial charge is 0.355 e. The molecule has 0 aliphatic rings. The summed E-state index contributed by atoms with van der Waals surface area (Å²) in [6.45, 7) is 3.55. The first-order valence-electron chi connectivity index (χ1n) is 11.2. The number of sulfonamides is 1. The van der Waals surface area contributed by atoms with Crippen LogP contribution in [-0.2, 0) is 26.2 Å². The van der Waals surface area contributed by atoms with Crippen LogP contribution in [0, 0.1) is 0 Å². The Morgan fingerprint density at radius 3 is 2.06 bits per heavy atom. The van der Waals surface area contributed by atoms with Crippen molar-refractivity contribution in [3.05, 3.63) is 95.0 Å². The number of nitrogens with one attached hydrogen (secondary N) is 1. The molecule has 0 saturated carbocycles. The van der Waals surface area contributed by atoms with Gasteiger partial charge in [-0.1, -0.05) is 64.5 Å². The normalized spacial score (nSPS) is 12.0. The molecular formula is C26H28BrN3O4S. The summed E-state index contributed by atoms with van der Waals surface area (Å²) >= 11 is 3.40. The average molecular weight is 558 g/mol. The summed E-state index contributed by atoms with van der Waals surface area (Å²) in [5.74, 6) is -0.801. The second-order valence-corrected chi connectivity index (χ2v) is 10.7. The minimum absolute atomic E-state index is 0.0767. The summed E-state index contributed by atoms with van der Waals surface area (Å²) in [5, 5.41) is 2.74. The lowest BCUT2D eigenvalue weighted by Gasteiger charge is -2.32. The third-order valence-electron chi connectivity index (χ3n) is 5.44. The summed E-state index contributed by atoms with van der Waals surface area (Å²) in [4.78, 5) is 27.8. The molecule has 3 aromatic carbocycles. The molecule has 0 heterocycles. The van der Waals surface area contributed by atoms with E-state index in [0.29, 0.717) is 12.2 Å². The van der Waals surface area contributed by atoms with Crippen molar-refractivity contribution in [2.45, 2.75) is 31.3 Å². The van der Waals surface area contributed by atoms with Gasteiger partial charge in [0.1, 0.15) is 12.6 Å². The highest BCUT2D eigenvalue weighted by Gasteiger charge is 2.32. The zero-order chi connectivity index (χ0) is 25.4. The van der Waals surface area contributed by atoms with Gasteiger partial charge in [0, 0.05) is 17.6 Å². The lowest BCUT2D eigenvalue weighted by molar-refractivity contribution is -0.139. The number of amides is 2. The third-order valence-corrected chi connectivity index (χ3v) is 7.76. The number of anilines is 1. The van der Waals surface area contributed by atoms with Crippen molar-refractivity contribution >= 4 is 43.5 Å². The minimum atomic E-state index is -4.04. The van der Waals surface area contributed by atoms with Gasteiger partial charge in [-0.25, -0.2) is 8.42 Å². The molecule has 0 aliphatic carbocycles. The molecule has 2 amide bonds. The molecule has 0 unspecified atom stereocenters. The van der Waals surface area contributed by atoms with Crippen LogP contribution in [0.15, 0.2) is 94.3 Å². The predicted octanol–water partition coefficient (Wildman–Crippen LogP) is 4.20. The van der Waals surface area contributed by atoms with Gasteiger partial charge in [0.2, 0.25) is 11.8 Å². The minimum Gasteiger partial charge on any atom is -0.355 e. The van der Waals surface area contributed by atoms with Crippen molar-refractivity contribution in [2.24, 2.45) is 0 Å². The number of hydrogen-bond donors (Lipinski definition) is 1. The Morgan fingerprint density at radius 2 is 1.49 bits per heavy atom. The van der Waals surface area contributed by atoms with Crippen molar-refractivity contribution in [3.63, 3.8) is 0 Å². The monoisotopic (exact) mass is 557 g/mol. The van der Waals surface area contributed by atoms with Crippen LogP contribution in [0.25, 0.3) is 0 Å². The van der Waals surface area contributed by atoms with Crippen LogP contribution in [0.2, 0.25) is 0 Å². The standard InChI is InChI=1S/C26H28BrN3O4S/c1-3-28-26(32)20(2)29(18-21-14-16-22(27)17-15-21)25(31)19-30(23-10-6-4-7-11-23)35(33,34)24-12-8-5-9-13-24/h4-17,20H,3,18-19H2,1-2H3,(H,28,32)/t20-/m0/s1. The predicted molar refractivity (Wildman–Crippen MR) is 140 cm³/mol. The molecule has 7 nitrogen and oxygen atoms in total. The van der Waals surface area contributed by atoms with Crippen LogP contribution >= 0.6 is 15.9 Å². The summed E-state index contributed by atoms with van der Waals surface area (Å²) < 4.78 is 29.1. The highest BCUT2D eigenvalue weighted by Crippen LogP contribution is 2.24. The van der Waals surface area contributed by atoms with Gasteiger partial charge in [-0.3, -0.25) is 13.9 Å². The van der Waals surface area contributed by atoms with E-state index in [1.165, 1.54) is 17.0 Å². The average Bonchev–Trinajstić information content (AvgIpc) is 2.87. The Kier molecular flexibility index (Phi) is 9.06. The maximum Gasteiger partial charge on any atom is 0.264 e. The molecule has 0 spiro atoms. The fourth-order valence-corrected chi connectivity index (χ4v) is 5.23. The summed E-state index contributed by atoms with van der Waals surface area (Å²) in [7, 11) is -4.04. The molecule has 0 aromatic heterocycles. The van der Waals surface area contributed by atoms with E-state index in [2.05, 4.69) is 21.2 Å². The van der Waals surface area contributed by atoms with E-state index in [1.54, 1.807) is 62.4 Å². The molecule has 0 fully saturated rings. The Bertz CT molecular complexity index is 1240. The summed E-state index contributed by atoms with van der Waals surface area (Å²) in [5.41, 5.74) is 1.17. The van der Waals surface area contributed by atoms with E-state index >= 15 is 0 Å².